The highest BCUT2D eigenvalue weighted by Crippen LogP contribution is 2.22. The third kappa shape index (κ3) is 6.37. The third-order valence-corrected chi connectivity index (χ3v) is 7.09. The van der Waals surface area contributed by atoms with E-state index in [1.54, 1.807) is 0 Å². The molecule has 2 fully saturated rings. The van der Waals surface area contributed by atoms with Gasteiger partial charge in [-0.25, -0.2) is 0 Å². The quantitative estimate of drug-likeness (QED) is 0.519. The van der Waals surface area contributed by atoms with Gasteiger partial charge >= 0.3 is 0 Å². The summed E-state index contributed by atoms with van der Waals surface area (Å²) in [5, 5.41) is 7.31. The highest BCUT2D eigenvalue weighted by Gasteiger charge is 2.27. The van der Waals surface area contributed by atoms with Crippen molar-refractivity contribution in [3.8, 4) is 11.4 Å². The van der Waals surface area contributed by atoms with Crippen LogP contribution in [0.4, 0.5) is 0 Å². The number of piperidine rings is 1. The van der Waals surface area contributed by atoms with Gasteiger partial charge in [0.1, 0.15) is 0 Å². The molecule has 8 nitrogen and oxygen atoms in total. The first kappa shape index (κ1) is 24.6. The lowest BCUT2D eigenvalue weighted by molar-refractivity contribution is -0.127. The number of morpholine rings is 1. The van der Waals surface area contributed by atoms with Crippen molar-refractivity contribution < 1.29 is 14.1 Å². The molecule has 1 unspecified atom stereocenters. The van der Waals surface area contributed by atoms with Gasteiger partial charge in [0, 0.05) is 38.3 Å². The van der Waals surface area contributed by atoms with Crippen LogP contribution in [0.1, 0.15) is 35.4 Å². The minimum atomic E-state index is -0.0295. The number of aryl methyl sites for hydroxylation is 1. The molecule has 8 heteroatoms. The second-order valence-electron chi connectivity index (χ2n) is 9.82. The van der Waals surface area contributed by atoms with E-state index >= 15 is 0 Å². The van der Waals surface area contributed by atoms with Crippen molar-refractivity contribution in [3.05, 3.63) is 71.1 Å². The molecule has 1 N–H and O–H groups in total. The van der Waals surface area contributed by atoms with Crippen LogP contribution in [0.25, 0.3) is 11.4 Å². The Hall–Kier alpha value is -3.07. The van der Waals surface area contributed by atoms with Crippen LogP contribution in [0.3, 0.4) is 0 Å². The standard InChI is InChI=1S/C28H35N5O3/c1-21-5-2-3-7-25(21)27-30-26(36-31-27)20-33-12-4-6-24(19-33)28(34)29-17-22-8-10-23(11-9-22)18-32-13-15-35-16-14-32/h2-3,5,7-11,24H,4,6,12-20H2,1H3,(H,29,34). The van der Waals surface area contributed by atoms with Gasteiger partial charge in [-0.3, -0.25) is 14.6 Å². The average molecular weight is 490 g/mol. The predicted octanol–water partition coefficient (Wildman–Crippen LogP) is 3.41. The molecule has 3 aromatic rings. The number of ether oxygens (including phenoxy) is 1. The summed E-state index contributed by atoms with van der Waals surface area (Å²) in [6.45, 7) is 9.32. The Morgan fingerprint density at radius 1 is 1.00 bits per heavy atom. The number of amides is 1. The normalized spacial score (nSPS) is 19.3. The second-order valence-corrected chi connectivity index (χ2v) is 9.82. The fourth-order valence-electron chi connectivity index (χ4n) is 4.97. The molecular formula is C28H35N5O3. The van der Waals surface area contributed by atoms with Gasteiger partial charge in [-0.15, -0.1) is 0 Å². The number of hydrogen-bond acceptors (Lipinski definition) is 7. The Morgan fingerprint density at radius 3 is 2.58 bits per heavy atom. The van der Waals surface area contributed by atoms with Gasteiger partial charge in [0.25, 0.3) is 0 Å². The first-order valence-electron chi connectivity index (χ1n) is 12.9. The predicted molar refractivity (Wildman–Crippen MR) is 137 cm³/mol. The van der Waals surface area contributed by atoms with E-state index in [0.29, 0.717) is 31.3 Å². The molecule has 36 heavy (non-hydrogen) atoms. The number of nitrogens with zero attached hydrogens (tertiary/aromatic N) is 4. The van der Waals surface area contributed by atoms with Crippen molar-refractivity contribution >= 4 is 5.91 Å². The Balaban J connectivity index is 1.09. The molecule has 1 aromatic heterocycles. The molecule has 0 saturated carbocycles. The summed E-state index contributed by atoms with van der Waals surface area (Å²) >= 11 is 0. The minimum Gasteiger partial charge on any atom is -0.379 e. The van der Waals surface area contributed by atoms with Crippen molar-refractivity contribution in [3.63, 3.8) is 0 Å². The maximum atomic E-state index is 12.9. The van der Waals surface area contributed by atoms with Gasteiger partial charge in [0.15, 0.2) is 0 Å². The van der Waals surface area contributed by atoms with Crippen LogP contribution < -0.4 is 5.32 Å². The summed E-state index contributed by atoms with van der Waals surface area (Å²) in [7, 11) is 0. The van der Waals surface area contributed by atoms with Crippen LogP contribution in [0.15, 0.2) is 53.1 Å². The van der Waals surface area contributed by atoms with Crippen LogP contribution in [-0.2, 0) is 29.2 Å². The zero-order valence-corrected chi connectivity index (χ0v) is 21.0. The molecular weight excluding hydrogens is 454 g/mol. The second kappa shape index (κ2) is 11.8. The Kier molecular flexibility index (Phi) is 8.05. The van der Waals surface area contributed by atoms with Crippen LogP contribution in [-0.4, -0.2) is 65.2 Å². The van der Waals surface area contributed by atoms with Gasteiger partial charge < -0.3 is 14.6 Å². The molecule has 1 amide bonds. The van der Waals surface area contributed by atoms with Crippen LogP contribution in [0, 0.1) is 12.8 Å². The van der Waals surface area contributed by atoms with E-state index in [0.717, 1.165) is 68.9 Å². The number of rotatable bonds is 8. The smallest absolute Gasteiger partial charge is 0.241 e. The lowest BCUT2D eigenvalue weighted by atomic mass is 9.97. The van der Waals surface area contributed by atoms with Gasteiger partial charge in [-0.1, -0.05) is 53.7 Å². The van der Waals surface area contributed by atoms with Crippen LogP contribution in [0.5, 0.6) is 0 Å². The van der Waals surface area contributed by atoms with E-state index in [9.17, 15) is 4.79 Å². The summed E-state index contributed by atoms with van der Waals surface area (Å²) in [4.78, 5) is 22.2. The number of hydrogen-bond donors (Lipinski definition) is 1. The molecule has 1 atom stereocenters. The van der Waals surface area contributed by atoms with E-state index in [4.69, 9.17) is 9.26 Å². The fraction of sp³-hybridized carbons (Fsp3) is 0.464. The monoisotopic (exact) mass is 489 g/mol. The number of aromatic nitrogens is 2. The Labute approximate surface area is 212 Å². The van der Waals surface area contributed by atoms with Crippen molar-refractivity contribution in [2.24, 2.45) is 5.92 Å². The van der Waals surface area contributed by atoms with Crippen molar-refractivity contribution in [2.45, 2.75) is 39.4 Å². The molecule has 0 spiro atoms. The fourth-order valence-corrected chi connectivity index (χ4v) is 4.97. The van der Waals surface area contributed by atoms with E-state index in [-0.39, 0.29) is 11.8 Å². The highest BCUT2D eigenvalue weighted by atomic mass is 16.5. The number of benzene rings is 2. The molecule has 3 heterocycles. The first-order chi connectivity index (χ1) is 17.6. The lowest BCUT2D eigenvalue weighted by Crippen LogP contribution is -2.42. The van der Waals surface area contributed by atoms with Gasteiger partial charge in [0.05, 0.1) is 25.7 Å². The van der Waals surface area contributed by atoms with E-state index in [2.05, 4.69) is 49.5 Å². The summed E-state index contributed by atoms with van der Waals surface area (Å²) in [5.41, 5.74) is 4.52. The molecule has 2 aromatic carbocycles. The van der Waals surface area contributed by atoms with Gasteiger partial charge in [-0.05, 0) is 43.0 Å². The number of likely N-dealkylation sites (tertiary alicyclic amines) is 1. The van der Waals surface area contributed by atoms with Crippen molar-refractivity contribution in [1.82, 2.24) is 25.3 Å². The molecule has 2 saturated heterocycles. The number of carbonyl (C=O) groups excluding carboxylic acids is 1. The minimum absolute atomic E-state index is 0.0295. The third-order valence-electron chi connectivity index (χ3n) is 7.09. The maximum absolute atomic E-state index is 12.9. The summed E-state index contributed by atoms with van der Waals surface area (Å²) in [6.07, 6.45) is 1.88. The molecule has 2 aliphatic rings. The molecule has 190 valence electrons. The van der Waals surface area contributed by atoms with Crippen molar-refractivity contribution in [1.29, 1.82) is 0 Å². The number of nitrogens with one attached hydrogen (secondary N) is 1. The summed E-state index contributed by atoms with van der Waals surface area (Å²) < 4.78 is 10.9. The average Bonchev–Trinajstić information content (AvgIpc) is 3.37. The van der Waals surface area contributed by atoms with E-state index < -0.39 is 0 Å². The van der Waals surface area contributed by atoms with Crippen molar-refractivity contribution in [2.75, 3.05) is 39.4 Å². The zero-order chi connectivity index (χ0) is 24.7. The summed E-state index contributed by atoms with van der Waals surface area (Å²) in [5.74, 6) is 1.29. The highest BCUT2D eigenvalue weighted by molar-refractivity contribution is 5.79. The van der Waals surface area contributed by atoms with Crippen LogP contribution >= 0.6 is 0 Å². The maximum Gasteiger partial charge on any atom is 0.241 e. The molecule has 0 radical (unpaired) electrons. The lowest BCUT2D eigenvalue weighted by Gasteiger charge is -2.30. The van der Waals surface area contributed by atoms with Gasteiger partial charge in [0.2, 0.25) is 17.6 Å². The zero-order valence-electron chi connectivity index (χ0n) is 21.0. The van der Waals surface area contributed by atoms with Crippen LogP contribution in [0.2, 0.25) is 0 Å². The molecule has 0 aliphatic carbocycles. The topological polar surface area (TPSA) is 83.7 Å². The van der Waals surface area contributed by atoms with E-state index in [1.165, 1.54) is 5.56 Å². The largest absolute Gasteiger partial charge is 0.379 e. The number of carbonyl (C=O) groups is 1. The van der Waals surface area contributed by atoms with Gasteiger partial charge in [-0.2, -0.15) is 4.98 Å². The molecule has 0 bridgehead atoms. The first-order valence-corrected chi connectivity index (χ1v) is 12.9. The van der Waals surface area contributed by atoms with E-state index in [1.807, 2.05) is 31.2 Å². The summed E-state index contributed by atoms with van der Waals surface area (Å²) in [6, 6.07) is 16.6. The SMILES string of the molecule is Cc1ccccc1-c1noc(CN2CCCC(C(=O)NCc3ccc(CN4CCOCC4)cc3)C2)n1. The Morgan fingerprint density at radius 2 is 1.78 bits per heavy atom. The molecule has 2 aliphatic heterocycles. The molecule has 5 rings (SSSR count). The Bertz CT molecular complexity index is 1140.